The van der Waals surface area contributed by atoms with Crippen molar-refractivity contribution in [3.8, 4) is 0 Å². The highest BCUT2D eigenvalue weighted by molar-refractivity contribution is 6.03. The molecule has 192 valence electrons. The lowest BCUT2D eigenvalue weighted by Gasteiger charge is -2.24. The third-order valence-electron chi connectivity index (χ3n) is 6.52. The van der Waals surface area contributed by atoms with Crippen LogP contribution in [0.15, 0.2) is 0 Å². The van der Waals surface area contributed by atoms with Crippen LogP contribution in [-0.4, -0.2) is 52.9 Å². The van der Waals surface area contributed by atoms with E-state index in [4.69, 9.17) is 0 Å². The van der Waals surface area contributed by atoms with Crippen molar-refractivity contribution in [2.45, 2.75) is 99.1 Å². The summed E-state index contributed by atoms with van der Waals surface area (Å²) in [5.41, 5.74) is 0. The zero-order valence-corrected chi connectivity index (χ0v) is 21.4. The van der Waals surface area contributed by atoms with Crippen molar-refractivity contribution < 1.29 is 26.8 Å². The Balaban J connectivity index is 0. The summed E-state index contributed by atoms with van der Waals surface area (Å²) in [4.78, 5) is 63.0. The number of likely N-dealkylation sites (tertiary alicyclic amines) is 1. The molecule has 0 aliphatic carbocycles. The Labute approximate surface area is 201 Å². The first-order chi connectivity index (χ1) is 15.4. The number of imide groups is 1. The van der Waals surface area contributed by atoms with Crippen molar-refractivity contribution in [3.63, 3.8) is 0 Å². The van der Waals surface area contributed by atoms with Gasteiger partial charge in [-0.1, -0.05) is 54.4 Å². The zero-order chi connectivity index (χ0) is 25.3. The average Bonchev–Trinajstić information content (AvgIpc) is 3.03. The minimum atomic E-state index is -0.711. The topological polar surface area (TPSA) is 113 Å². The number of nitrogens with zero attached hydrogens (tertiary/aromatic N) is 1. The molecule has 33 heavy (non-hydrogen) atoms. The second-order valence-corrected chi connectivity index (χ2v) is 9.97. The standard InChI is InChI=1S/C25H43N3O5.2H2/c1-8-17(6)19-14-21(30)28(25(19)33)13-11-9-10-12-20(29)27-22(15(2)3)24(32)26-18(7)23(31)16(4)5;;/h15-19,22H,8-14H2,1-7H3,(H,26,32)(H,27,29);2*1H/t17?,18-,19?,22-;;/m0../s1. The van der Waals surface area contributed by atoms with E-state index in [1.165, 1.54) is 4.90 Å². The number of hydrogen-bond acceptors (Lipinski definition) is 5. The second-order valence-electron chi connectivity index (χ2n) is 9.97. The second kappa shape index (κ2) is 13.5. The first-order valence-corrected chi connectivity index (χ1v) is 12.4. The quantitative estimate of drug-likeness (QED) is 0.299. The number of rotatable bonds is 14. The van der Waals surface area contributed by atoms with Gasteiger partial charge in [-0.2, -0.15) is 0 Å². The molecule has 4 atom stereocenters. The van der Waals surface area contributed by atoms with Gasteiger partial charge in [0.25, 0.3) is 0 Å². The Bertz CT molecular complexity index is 730. The van der Waals surface area contributed by atoms with Crippen molar-refractivity contribution in [2.75, 3.05) is 6.54 Å². The molecule has 0 spiro atoms. The van der Waals surface area contributed by atoms with Gasteiger partial charge < -0.3 is 10.6 Å². The fourth-order valence-corrected chi connectivity index (χ4v) is 4.06. The summed E-state index contributed by atoms with van der Waals surface area (Å²) in [5.74, 6) is -1.11. The molecule has 0 radical (unpaired) electrons. The fourth-order valence-electron chi connectivity index (χ4n) is 4.06. The Morgan fingerprint density at radius 3 is 2.18 bits per heavy atom. The average molecular weight is 470 g/mol. The molecule has 2 N–H and O–H groups in total. The van der Waals surface area contributed by atoms with E-state index < -0.39 is 12.1 Å². The van der Waals surface area contributed by atoms with Crippen LogP contribution in [0.3, 0.4) is 0 Å². The molecular formula is C25H47N3O5. The SMILES string of the molecule is CCC(C)C1CC(=O)N(CCCCCC(=O)N[C@H](C(=O)N[C@@H](C)C(=O)C(C)C)C(C)C)C1=O.[HH].[HH]. The van der Waals surface area contributed by atoms with E-state index in [9.17, 15) is 24.0 Å². The van der Waals surface area contributed by atoms with Gasteiger partial charge in [0.05, 0.1) is 6.04 Å². The summed E-state index contributed by atoms with van der Waals surface area (Å²) in [7, 11) is 0. The number of Topliss-reactive ketones (excluding diaryl/α,β-unsaturated/α-hetero) is 1. The number of unbranched alkanes of at least 4 members (excludes halogenated alkanes) is 2. The number of carbonyl (C=O) groups is 5. The first-order valence-electron chi connectivity index (χ1n) is 12.4. The Morgan fingerprint density at radius 2 is 1.64 bits per heavy atom. The summed E-state index contributed by atoms with van der Waals surface area (Å²) in [6, 6.07) is -1.32. The smallest absolute Gasteiger partial charge is 0.243 e. The summed E-state index contributed by atoms with van der Waals surface area (Å²) in [5, 5.41) is 5.49. The molecule has 0 aromatic rings. The van der Waals surface area contributed by atoms with Crippen molar-refractivity contribution in [1.82, 2.24) is 15.5 Å². The number of hydrogen-bond donors (Lipinski definition) is 2. The van der Waals surface area contributed by atoms with E-state index in [1.807, 2.05) is 27.7 Å². The summed E-state index contributed by atoms with van der Waals surface area (Å²) in [6.45, 7) is 13.3. The molecule has 0 saturated carbocycles. The Kier molecular flexibility index (Phi) is 11.7. The molecule has 0 bridgehead atoms. The van der Waals surface area contributed by atoms with Crippen LogP contribution in [-0.2, 0) is 24.0 Å². The zero-order valence-electron chi connectivity index (χ0n) is 21.4. The molecule has 1 heterocycles. The lowest BCUT2D eigenvalue weighted by Crippen LogP contribution is -2.53. The van der Waals surface area contributed by atoms with Gasteiger partial charge >= 0.3 is 0 Å². The van der Waals surface area contributed by atoms with Crippen LogP contribution < -0.4 is 10.6 Å². The Morgan fingerprint density at radius 1 is 1.00 bits per heavy atom. The normalized spacial score (nSPS) is 19.1. The predicted octanol–water partition coefficient (Wildman–Crippen LogP) is 3.33. The maximum atomic E-state index is 12.6. The van der Waals surface area contributed by atoms with Gasteiger partial charge in [0.2, 0.25) is 23.6 Å². The molecule has 2 unspecified atom stereocenters. The molecule has 4 amide bonds. The molecular weight excluding hydrogens is 422 g/mol. The minimum Gasteiger partial charge on any atom is -0.345 e. The van der Waals surface area contributed by atoms with Gasteiger partial charge in [-0.05, 0) is 31.6 Å². The predicted molar refractivity (Wildman–Crippen MR) is 131 cm³/mol. The first kappa shape index (κ1) is 28.8. The van der Waals surface area contributed by atoms with E-state index in [0.29, 0.717) is 32.2 Å². The summed E-state index contributed by atoms with van der Waals surface area (Å²) in [6.07, 6.45) is 3.39. The van der Waals surface area contributed by atoms with Gasteiger partial charge in [-0.15, -0.1) is 0 Å². The Hall–Kier alpha value is -2.25. The molecule has 8 nitrogen and oxygen atoms in total. The van der Waals surface area contributed by atoms with Crippen LogP contribution in [0, 0.1) is 23.7 Å². The van der Waals surface area contributed by atoms with Crippen LogP contribution in [0.5, 0.6) is 0 Å². The summed E-state index contributed by atoms with van der Waals surface area (Å²) >= 11 is 0. The van der Waals surface area contributed by atoms with E-state index in [-0.39, 0.29) is 62.4 Å². The van der Waals surface area contributed by atoms with Gasteiger partial charge in [0, 0.05) is 34.1 Å². The fraction of sp³-hybridized carbons (Fsp3) is 0.800. The highest BCUT2D eigenvalue weighted by Crippen LogP contribution is 2.28. The lowest BCUT2D eigenvalue weighted by molar-refractivity contribution is -0.140. The van der Waals surface area contributed by atoms with Gasteiger partial charge in [0.1, 0.15) is 6.04 Å². The highest BCUT2D eigenvalue weighted by atomic mass is 16.2. The van der Waals surface area contributed by atoms with Crippen LogP contribution in [0.1, 0.15) is 89.8 Å². The van der Waals surface area contributed by atoms with Crippen LogP contribution >= 0.6 is 0 Å². The van der Waals surface area contributed by atoms with Crippen LogP contribution in [0.2, 0.25) is 0 Å². The third-order valence-corrected chi connectivity index (χ3v) is 6.52. The third kappa shape index (κ3) is 8.55. The molecule has 0 aromatic carbocycles. The number of ketones is 1. The highest BCUT2D eigenvalue weighted by Gasteiger charge is 2.40. The molecule has 1 saturated heterocycles. The van der Waals surface area contributed by atoms with Gasteiger partial charge in [0.15, 0.2) is 5.78 Å². The minimum absolute atomic E-state index is 0. The lowest BCUT2D eigenvalue weighted by atomic mass is 9.90. The molecule has 0 aromatic heterocycles. The van der Waals surface area contributed by atoms with E-state index in [2.05, 4.69) is 10.6 Å². The number of nitrogens with one attached hydrogen (secondary N) is 2. The van der Waals surface area contributed by atoms with E-state index in [0.717, 1.165) is 6.42 Å². The maximum absolute atomic E-state index is 12.6. The van der Waals surface area contributed by atoms with Crippen molar-refractivity contribution in [3.05, 3.63) is 0 Å². The molecule has 1 aliphatic heterocycles. The molecule has 1 fully saturated rings. The van der Waals surface area contributed by atoms with E-state index in [1.54, 1.807) is 20.8 Å². The number of carbonyl (C=O) groups excluding carboxylic acids is 5. The maximum Gasteiger partial charge on any atom is 0.243 e. The van der Waals surface area contributed by atoms with Gasteiger partial charge in [-0.3, -0.25) is 28.9 Å². The van der Waals surface area contributed by atoms with Crippen LogP contribution in [0.25, 0.3) is 0 Å². The van der Waals surface area contributed by atoms with E-state index >= 15 is 0 Å². The molecule has 1 aliphatic rings. The van der Waals surface area contributed by atoms with Crippen molar-refractivity contribution in [1.29, 1.82) is 0 Å². The van der Waals surface area contributed by atoms with Crippen molar-refractivity contribution >= 4 is 29.4 Å². The summed E-state index contributed by atoms with van der Waals surface area (Å²) < 4.78 is 0. The van der Waals surface area contributed by atoms with Crippen LogP contribution in [0.4, 0.5) is 0 Å². The number of amides is 4. The largest absolute Gasteiger partial charge is 0.345 e. The van der Waals surface area contributed by atoms with Crippen molar-refractivity contribution in [2.24, 2.45) is 23.7 Å². The monoisotopic (exact) mass is 469 g/mol. The molecule has 8 heteroatoms. The molecule has 1 rings (SSSR count). The van der Waals surface area contributed by atoms with Gasteiger partial charge in [-0.25, -0.2) is 0 Å².